The number of urea groups is 1. The van der Waals surface area contributed by atoms with E-state index in [4.69, 9.17) is 0 Å². The van der Waals surface area contributed by atoms with Crippen molar-refractivity contribution in [2.24, 2.45) is 5.92 Å². The molecule has 1 aliphatic rings. The third-order valence-corrected chi connectivity index (χ3v) is 4.04. The number of hydrogen-bond acceptors (Lipinski definition) is 6. The quantitative estimate of drug-likeness (QED) is 0.667. The zero-order chi connectivity index (χ0) is 20.4. The van der Waals surface area contributed by atoms with Gasteiger partial charge in [-0.3, -0.25) is 4.79 Å². The second-order valence-electron chi connectivity index (χ2n) is 5.68. The molecule has 1 aromatic rings. The fraction of sp³-hybridized carbons (Fsp3) is 0.438. The highest BCUT2D eigenvalue weighted by Crippen LogP contribution is 2.43. The molecule has 1 aliphatic heterocycles. The van der Waals surface area contributed by atoms with E-state index in [2.05, 4.69) is 14.8 Å². The van der Waals surface area contributed by atoms with Gasteiger partial charge in [0.2, 0.25) is 0 Å². The summed E-state index contributed by atoms with van der Waals surface area (Å²) in [7, 11) is 1.16. The molecule has 1 aromatic carbocycles. The first-order valence-corrected chi connectivity index (χ1v) is 7.77. The Hall–Kier alpha value is -2.82. The molecule has 1 saturated heterocycles. The van der Waals surface area contributed by atoms with Gasteiger partial charge in [-0.25, -0.2) is 9.59 Å². The van der Waals surface area contributed by atoms with Gasteiger partial charge in [-0.05, 0) is 24.6 Å². The number of halogens is 3. The molecule has 0 aliphatic carbocycles. The molecule has 0 radical (unpaired) electrons. The fourth-order valence-corrected chi connectivity index (χ4v) is 2.76. The number of esters is 2. The summed E-state index contributed by atoms with van der Waals surface area (Å²) >= 11 is 0. The Bertz CT molecular complexity index is 737. The number of amides is 2. The van der Waals surface area contributed by atoms with Gasteiger partial charge in [-0.1, -0.05) is 12.1 Å². The molecular weight excluding hydrogens is 373 g/mol. The Morgan fingerprint density at radius 2 is 1.85 bits per heavy atom. The van der Waals surface area contributed by atoms with E-state index < -0.39 is 41.8 Å². The maximum atomic E-state index is 13.5. The largest absolute Gasteiger partial charge is 0.466 e. The molecule has 0 saturated carbocycles. The topological polar surface area (TPSA) is 114 Å². The average molecular weight is 390 g/mol. The van der Waals surface area contributed by atoms with Gasteiger partial charge in [0.25, 0.3) is 5.72 Å². The molecular formula is C16H17F3N2O6. The monoisotopic (exact) mass is 390 g/mol. The molecule has 148 valence electrons. The van der Waals surface area contributed by atoms with Crippen LogP contribution < -0.4 is 10.6 Å². The molecule has 8 nitrogen and oxygen atoms in total. The first-order valence-electron chi connectivity index (χ1n) is 7.77. The summed E-state index contributed by atoms with van der Waals surface area (Å²) in [5.41, 5.74) is -3.67. The Labute approximate surface area is 151 Å². The molecule has 0 unspecified atom stereocenters. The maximum Gasteiger partial charge on any atom is 0.437 e. The van der Waals surface area contributed by atoms with E-state index in [0.717, 1.165) is 7.11 Å². The summed E-state index contributed by atoms with van der Waals surface area (Å²) in [6.45, 7) is 1.16. The van der Waals surface area contributed by atoms with Gasteiger partial charge >= 0.3 is 24.1 Å². The highest BCUT2D eigenvalue weighted by atomic mass is 19.4. The standard InChI is InChI=1S/C16H17F3N2O6/c1-3-27-13(23)10-11(8-4-6-9(7-5-8)12(22)26-2)20-14(24)21-15(10,25)16(17,18)19/h4-7,10-11,25H,3H2,1-2H3,(H2,20,21,24)/t10-,11-,15-/m0/s1. The van der Waals surface area contributed by atoms with Gasteiger partial charge in [0.1, 0.15) is 5.92 Å². The Balaban J connectivity index is 2.51. The summed E-state index contributed by atoms with van der Waals surface area (Å²) < 4.78 is 49.7. The van der Waals surface area contributed by atoms with E-state index in [0.29, 0.717) is 0 Å². The first kappa shape index (κ1) is 20.5. The number of ether oxygens (including phenoxy) is 2. The van der Waals surface area contributed by atoms with Crippen molar-refractivity contribution in [3.8, 4) is 0 Å². The minimum atomic E-state index is -5.35. The third kappa shape index (κ3) is 3.82. The summed E-state index contributed by atoms with van der Waals surface area (Å²) in [5.74, 6) is -4.25. The van der Waals surface area contributed by atoms with Crippen LogP contribution >= 0.6 is 0 Å². The second kappa shape index (κ2) is 7.43. The minimum Gasteiger partial charge on any atom is -0.466 e. The zero-order valence-electron chi connectivity index (χ0n) is 14.3. The maximum absolute atomic E-state index is 13.5. The number of benzene rings is 1. The van der Waals surface area contributed by atoms with Crippen LogP contribution in [0.3, 0.4) is 0 Å². The molecule has 0 spiro atoms. The molecule has 2 amide bonds. The number of carbonyl (C=O) groups excluding carboxylic acids is 3. The van der Waals surface area contributed by atoms with Crippen LogP contribution in [0.25, 0.3) is 0 Å². The van der Waals surface area contributed by atoms with Crippen molar-refractivity contribution in [1.82, 2.24) is 10.6 Å². The van der Waals surface area contributed by atoms with Gasteiger partial charge < -0.3 is 25.2 Å². The number of methoxy groups -OCH3 is 1. The van der Waals surface area contributed by atoms with Crippen LogP contribution in [0.4, 0.5) is 18.0 Å². The van der Waals surface area contributed by atoms with Crippen LogP contribution in [-0.2, 0) is 14.3 Å². The number of alkyl halides is 3. The number of rotatable bonds is 4. The molecule has 1 fully saturated rings. The minimum absolute atomic E-state index is 0.0539. The molecule has 1 heterocycles. The van der Waals surface area contributed by atoms with E-state index in [1.165, 1.54) is 36.5 Å². The van der Waals surface area contributed by atoms with E-state index in [1.54, 1.807) is 0 Å². The Morgan fingerprint density at radius 3 is 2.33 bits per heavy atom. The zero-order valence-corrected chi connectivity index (χ0v) is 14.3. The van der Waals surface area contributed by atoms with Gasteiger partial charge in [-0.2, -0.15) is 13.2 Å². The number of aliphatic hydroxyl groups is 1. The van der Waals surface area contributed by atoms with Gasteiger partial charge in [-0.15, -0.1) is 0 Å². The van der Waals surface area contributed by atoms with E-state index in [-0.39, 0.29) is 17.7 Å². The second-order valence-corrected chi connectivity index (χ2v) is 5.68. The number of hydrogen-bond donors (Lipinski definition) is 3. The highest BCUT2D eigenvalue weighted by molar-refractivity contribution is 5.89. The first-order chi connectivity index (χ1) is 12.5. The molecule has 2 rings (SSSR count). The lowest BCUT2D eigenvalue weighted by atomic mass is 9.82. The summed E-state index contributed by atoms with van der Waals surface area (Å²) in [4.78, 5) is 35.5. The normalized spacial score (nSPS) is 25.2. The van der Waals surface area contributed by atoms with Gasteiger partial charge in [0, 0.05) is 0 Å². The average Bonchev–Trinajstić information content (AvgIpc) is 2.59. The van der Waals surface area contributed by atoms with Crippen molar-refractivity contribution >= 4 is 18.0 Å². The van der Waals surface area contributed by atoms with Crippen molar-refractivity contribution in [2.45, 2.75) is 24.9 Å². The summed E-state index contributed by atoms with van der Waals surface area (Å²) in [6, 6.07) is 2.11. The van der Waals surface area contributed by atoms with Crippen LogP contribution in [-0.4, -0.2) is 48.7 Å². The van der Waals surface area contributed by atoms with Crippen LogP contribution in [0.5, 0.6) is 0 Å². The lowest BCUT2D eigenvalue weighted by Crippen LogP contribution is -2.73. The summed E-state index contributed by atoms with van der Waals surface area (Å²) in [5, 5.41) is 13.7. The van der Waals surface area contributed by atoms with Crippen molar-refractivity contribution < 1.29 is 42.1 Å². The molecule has 3 atom stereocenters. The van der Waals surface area contributed by atoms with Crippen molar-refractivity contribution in [1.29, 1.82) is 0 Å². The SMILES string of the molecule is CCOC(=O)[C@@H]1[C@H](c2ccc(C(=O)OC)cc2)NC(=O)N[C@@]1(O)C(F)(F)F. The molecule has 27 heavy (non-hydrogen) atoms. The molecule has 0 bridgehead atoms. The number of carbonyl (C=O) groups is 3. The van der Waals surface area contributed by atoms with Crippen LogP contribution in [0.2, 0.25) is 0 Å². The van der Waals surface area contributed by atoms with E-state index in [1.807, 2.05) is 0 Å². The smallest absolute Gasteiger partial charge is 0.437 e. The van der Waals surface area contributed by atoms with Crippen molar-refractivity contribution in [3.05, 3.63) is 35.4 Å². The predicted molar refractivity (Wildman–Crippen MR) is 83.3 cm³/mol. The van der Waals surface area contributed by atoms with Crippen LogP contribution in [0, 0.1) is 5.92 Å². The van der Waals surface area contributed by atoms with Crippen molar-refractivity contribution in [2.75, 3.05) is 13.7 Å². The fourth-order valence-electron chi connectivity index (χ4n) is 2.76. The molecule has 3 N–H and O–H groups in total. The van der Waals surface area contributed by atoms with Crippen molar-refractivity contribution in [3.63, 3.8) is 0 Å². The Kier molecular flexibility index (Phi) is 5.64. The lowest BCUT2D eigenvalue weighted by molar-refractivity contribution is -0.294. The van der Waals surface area contributed by atoms with Crippen LogP contribution in [0.1, 0.15) is 28.9 Å². The predicted octanol–water partition coefficient (Wildman–Crippen LogP) is 1.26. The van der Waals surface area contributed by atoms with Gasteiger partial charge in [0.05, 0.1) is 25.3 Å². The summed E-state index contributed by atoms with van der Waals surface area (Å²) in [6.07, 6.45) is -5.35. The van der Waals surface area contributed by atoms with Gasteiger partial charge in [0.15, 0.2) is 0 Å². The highest BCUT2D eigenvalue weighted by Gasteiger charge is 2.67. The molecule has 0 aromatic heterocycles. The van der Waals surface area contributed by atoms with E-state index >= 15 is 0 Å². The van der Waals surface area contributed by atoms with E-state index in [9.17, 15) is 32.7 Å². The Morgan fingerprint density at radius 1 is 1.26 bits per heavy atom. The molecule has 11 heteroatoms. The third-order valence-electron chi connectivity index (χ3n) is 4.04. The number of nitrogens with one attached hydrogen (secondary N) is 2. The van der Waals surface area contributed by atoms with Crippen LogP contribution in [0.15, 0.2) is 24.3 Å². The lowest BCUT2D eigenvalue weighted by Gasteiger charge is -2.44.